The molecule has 0 aliphatic carbocycles. The van der Waals surface area contributed by atoms with Crippen LogP contribution in [0, 0.1) is 13.8 Å². The second-order valence-corrected chi connectivity index (χ2v) is 5.78. The molecule has 0 spiro atoms. The molecule has 0 fully saturated rings. The Morgan fingerprint density at radius 1 is 1.38 bits per heavy atom. The fourth-order valence-electron chi connectivity index (χ4n) is 1.68. The minimum atomic E-state index is 0.641. The monoisotopic (exact) mass is 240 g/mol. The Morgan fingerprint density at radius 3 is 2.69 bits per heavy atom. The Labute approximate surface area is 103 Å². The zero-order valence-corrected chi connectivity index (χ0v) is 11.8. The highest BCUT2D eigenvalue weighted by Crippen LogP contribution is 2.16. The van der Waals surface area contributed by atoms with Gasteiger partial charge >= 0.3 is 0 Å². The smallest absolute Gasteiger partial charge is 0.0943 e. The summed E-state index contributed by atoms with van der Waals surface area (Å²) in [7, 11) is 0. The summed E-state index contributed by atoms with van der Waals surface area (Å²) in [5.41, 5.74) is 1.19. The fourth-order valence-corrected chi connectivity index (χ4v) is 2.62. The molecule has 0 bridgehead atoms. The standard InChI is InChI=1S/C13H24N2S/c1-5-6-7-10(2)14-9-8-13-15-11(3)12(4)16-13/h10,14H,5-9H2,1-4H3. The molecule has 1 unspecified atom stereocenters. The average molecular weight is 240 g/mol. The molecule has 1 aromatic rings. The van der Waals surface area contributed by atoms with Crippen molar-refractivity contribution >= 4 is 11.3 Å². The van der Waals surface area contributed by atoms with Crippen LogP contribution >= 0.6 is 11.3 Å². The predicted molar refractivity (Wildman–Crippen MR) is 72.3 cm³/mol. The molecule has 3 heteroatoms. The molecule has 0 aliphatic heterocycles. The van der Waals surface area contributed by atoms with Crippen molar-refractivity contribution in [3.63, 3.8) is 0 Å². The highest BCUT2D eigenvalue weighted by molar-refractivity contribution is 7.11. The molecule has 0 aliphatic rings. The van der Waals surface area contributed by atoms with E-state index in [0.29, 0.717) is 6.04 Å². The Morgan fingerprint density at radius 2 is 2.12 bits per heavy atom. The molecule has 0 saturated carbocycles. The summed E-state index contributed by atoms with van der Waals surface area (Å²) >= 11 is 1.83. The number of aromatic nitrogens is 1. The third-order valence-corrected chi connectivity index (χ3v) is 4.03. The molecule has 1 atom stereocenters. The molecule has 1 rings (SSSR count). The van der Waals surface area contributed by atoms with E-state index in [4.69, 9.17) is 0 Å². The number of hydrogen-bond donors (Lipinski definition) is 1. The van der Waals surface area contributed by atoms with Gasteiger partial charge in [-0.15, -0.1) is 11.3 Å². The van der Waals surface area contributed by atoms with E-state index in [1.807, 2.05) is 11.3 Å². The van der Waals surface area contributed by atoms with Gasteiger partial charge in [0.1, 0.15) is 0 Å². The first-order valence-electron chi connectivity index (χ1n) is 6.29. The fraction of sp³-hybridized carbons (Fsp3) is 0.769. The van der Waals surface area contributed by atoms with E-state index < -0.39 is 0 Å². The van der Waals surface area contributed by atoms with E-state index in [1.165, 1.54) is 34.8 Å². The summed E-state index contributed by atoms with van der Waals surface area (Å²) < 4.78 is 0. The van der Waals surface area contributed by atoms with Gasteiger partial charge in [-0.1, -0.05) is 19.8 Å². The molecule has 16 heavy (non-hydrogen) atoms. The van der Waals surface area contributed by atoms with E-state index in [0.717, 1.165) is 13.0 Å². The number of aryl methyl sites for hydroxylation is 2. The maximum Gasteiger partial charge on any atom is 0.0943 e. The molecule has 2 nitrogen and oxygen atoms in total. The molecule has 1 N–H and O–H groups in total. The molecule has 0 saturated heterocycles. The lowest BCUT2D eigenvalue weighted by Crippen LogP contribution is -2.27. The normalized spacial score (nSPS) is 13.0. The SMILES string of the molecule is CCCCC(C)NCCc1nc(C)c(C)s1. The Balaban J connectivity index is 2.20. The van der Waals surface area contributed by atoms with Crippen LogP contribution in [0.25, 0.3) is 0 Å². The molecule has 1 aromatic heterocycles. The van der Waals surface area contributed by atoms with Gasteiger partial charge < -0.3 is 5.32 Å². The lowest BCUT2D eigenvalue weighted by molar-refractivity contribution is 0.498. The van der Waals surface area contributed by atoms with Crippen molar-refractivity contribution in [2.75, 3.05) is 6.54 Å². The second-order valence-electron chi connectivity index (χ2n) is 4.50. The van der Waals surface area contributed by atoms with Gasteiger partial charge in [-0.05, 0) is 27.2 Å². The van der Waals surface area contributed by atoms with Gasteiger partial charge in [0.25, 0.3) is 0 Å². The lowest BCUT2D eigenvalue weighted by Gasteiger charge is -2.12. The molecular weight excluding hydrogens is 216 g/mol. The summed E-state index contributed by atoms with van der Waals surface area (Å²) in [6, 6.07) is 0.641. The summed E-state index contributed by atoms with van der Waals surface area (Å²) in [4.78, 5) is 5.90. The Bertz CT molecular complexity index is 287. The first-order chi connectivity index (χ1) is 7.63. The average Bonchev–Trinajstić information content (AvgIpc) is 2.55. The number of hydrogen-bond acceptors (Lipinski definition) is 3. The largest absolute Gasteiger partial charge is 0.314 e. The number of thiazole rings is 1. The van der Waals surface area contributed by atoms with Gasteiger partial charge in [0.05, 0.1) is 10.7 Å². The molecule has 0 aromatic carbocycles. The Hall–Kier alpha value is -0.410. The number of nitrogens with zero attached hydrogens (tertiary/aromatic N) is 1. The van der Waals surface area contributed by atoms with E-state index in [-0.39, 0.29) is 0 Å². The maximum atomic E-state index is 4.55. The summed E-state index contributed by atoms with van der Waals surface area (Å²) in [6.07, 6.45) is 4.96. The van der Waals surface area contributed by atoms with Crippen molar-refractivity contribution in [2.24, 2.45) is 0 Å². The van der Waals surface area contributed by atoms with Crippen LogP contribution in [-0.4, -0.2) is 17.6 Å². The van der Waals surface area contributed by atoms with Gasteiger partial charge in [-0.2, -0.15) is 0 Å². The zero-order chi connectivity index (χ0) is 12.0. The van der Waals surface area contributed by atoms with Gasteiger partial charge in [0.15, 0.2) is 0 Å². The van der Waals surface area contributed by atoms with Crippen molar-refractivity contribution in [2.45, 2.75) is 59.4 Å². The zero-order valence-electron chi connectivity index (χ0n) is 11.0. The molecule has 0 radical (unpaired) electrons. The van der Waals surface area contributed by atoms with Crippen LogP contribution in [0.15, 0.2) is 0 Å². The minimum absolute atomic E-state index is 0.641. The Kier molecular flexibility index (Phi) is 5.99. The summed E-state index contributed by atoms with van der Waals surface area (Å²) in [5, 5.41) is 4.83. The highest BCUT2D eigenvalue weighted by Gasteiger charge is 2.04. The van der Waals surface area contributed by atoms with Gasteiger partial charge in [-0.25, -0.2) is 4.98 Å². The van der Waals surface area contributed by atoms with Crippen LogP contribution in [0.2, 0.25) is 0 Å². The molecule has 0 amide bonds. The summed E-state index contributed by atoms with van der Waals surface area (Å²) in [6.45, 7) is 9.81. The van der Waals surface area contributed by atoms with E-state index in [1.54, 1.807) is 0 Å². The minimum Gasteiger partial charge on any atom is -0.314 e. The van der Waals surface area contributed by atoms with Crippen molar-refractivity contribution in [3.8, 4) is 0 Å². The number of rotatable bonds is 7. The second kappa shape index (κ2) is 7.02. The van der Waals surface area contributed by atoms with Crippen molar-refractivity contribution < 1.29 is 0 Å². The molecule has 92 valence electrons. The van der Waals surface area contributed by atoms with Crippen LogP contribution in [0.3, 0.4) is 0 Å². The van der Waals surface area contributed by atoms with Crippen LogP contribution in [0.1, 0.15) is 48.7 Å². The first kappa shape index (κ1) is 13.7. The van der Waals surface area contributed by atoms with Crippen LogP contribution in [0.4, 0.5) is 0 Å². The molecular formula is C13H24N2S. The lowest BCUT2D eigenvalue weighted by atomic mass is 10.1. The first-order valence-corrected chi connectivity index (χ1v) is 7.11. The van der Waals surface area contributed by atoms with E-state index >= 15 is 0 Å². The quantitative estimate of drug-likeness (QED) is 0.789. The van der Waals surface area contributed by atoms with E-state index in [9.17, 15) is 0 Å². The van der Waals surface area contributed by atoms with Crippen LogP contribution < -0.4 is 5.32 Å². The van der Waals surface area contributed by atoms with Crippen molar-refractivity contribution in [1.29, 1.82) is 0 Å². The maximum absolute atomic E-state index is 4.55. The van der Waals surface area contributed by atoms with Crippen molar-refractivity contribution in [3.05, 3.63) is 15.6 Å². The highest BCUT2D eigenvalue weighted by atomic mass is 32.1. The third-order valence-electron chi connectivity index (χ3n) is 2.90. The topological polar surface area (TPSA) is 24.9 Å². The van der Waals surface area contributed by atoms with E-state index in [2.05, 4.69) is 38.0 Å². The van der Waals surface area contributed by atoms with Crippen LogP contribution in [-0.2, 0) is 6.42 Å². The molecule has 1 heterocycles. The van der Waals surface area contributed by atoms with Gasteiger partial charge in [0.2, 0.25) is 0 Å². The van der Waals surface area contributed by atoms with Crippen LogP contribution in [0.5, 0.6) is 0 Å². The summed E-state index contributed by atoms with van der Waals surface area (Å²) in [5.74, 6) is 0. The predicted octanol–water partition coefficient (Wildman–Crippen LogP) is 3.47. The van der Waals surface area contributed by atoms with Gasteiger partial charge in [0, 0.05) is 23.9 Å². The number of nitrogens with one attached hydrogen (secondary N) is 1. The van der Waals surface area contributed by atoms with Gasteiger partial charge in [-0.3, -0.25) is 0 Å². The number of unbranched alkanes of at least 4 members (excludes halogenated alkanes) is 1. The third kappa shape index (κ3) is 4.62. The van der Waals surface area contributed by atoms with Crippen molar-refractivity contribution in [1.82, 2.24) is 10.3 Å².